The Bertz CT molecular complexity index is 252. The summed E-state index contributed by atoms with van der Waals surface area (Å²) in [6.07, 6.45) is 0. The van der Waals surface area contributed by atoms with Crippen LogP contribution in [0.3, 0.4) is 0 Å². The van der Waals surface area contributed by atoms with Crippen molar-refractivity contribution in [3.05, 3.63) is 11.7 Å². The van der Waals surface area contributed by atoms with Crippen molar-refractivity contribution in [2.75, 3.05) is 27.4 Å². The van der Waals surface area contributed by atoms with Gasteiger partial charge in [0.15, 0.2) is 5.82 Å². The van der Waals surface area contributed by atoms with Crippen LogP contribution in [0.5, 0.6) is 0 Å². The summed E-state index contributed by atoms with van der Waals surface area (Å²) in [5.41, 5.74) is 0. The second kappa shape index (κ2) is 6.47. The number of rotatable bonds is 7. The number of aromatic nitrogens is 2. The second-order valence-electron chi connectivity index (χ2n) is 2.68. The number of nitrogens with one attached hydrogen (secondary N) is 1. The Hall–Kier alpha value is -0.980. The molecule has 6 heteroatoms. The molecule has 14 heavy (non-hydrogen) atoms. The monoisotopic (exact) mass is 201 g/mol. The SMILES string of the molecule is CNCc1noc(COCCOC)n1. The molecule has 1 heterocycles. The number of nitrogens with zero attached hydrogens (tertiary/aromatic N) is 2. The molecule has 0 amide bonds. The van der Waals surface area contributed by atoms with Gasteiger partial charge in [-0.25, -0.2) is 0 Å². The summed E-state index contributed by atoms with van der Waals surface area (Å²) in [5.74, 6) is 1.13. The van der Waals surface area contributed by atoms with Crippen LogP contribution in [0.2, 0.25) is 0 Å². The summed E-state index contributed by atoms with van der Waals surface area (Å²) in [5, 5.41) is 6.67. The van der Waals surface area contributed by atoms with Gasteiger partial charge in [-0.3, -0.25) is 0 Å². The number of ether oxygens (including phenoxy) is 2. The maximum absolute atomic E-state index is 5.21. The highest BCUT2D eigenvalue weighted by molar-refractivity contribution is 4.83. The molecule has 1 N–H and O–H groups in total. The van der Waals surface area contributed by atoms with Crippen molar-refractivity contribution in [1.29, 1.82) is 0 Å². The van der Waals surface area contributed by atoms with Crippen molar-refractivity contribution in [2.24, 2.45) is 0 Å². The van der Waals surface area contributed by atoms with Crippen LogP contribution in [-0.2, 0) is 22.6 Å². The first-order chi connectivity index (χ1) is 6.86. The highest BCUT2D eigenvalue weighted by atomic mass is 16.5. The zero-order valence-corrected chi connectivity index (χ0v) is 8.45. The predicted molar refractivity (Wildman–Crippen MR) is 48.6 cm³/mol. The normalized spacial score (nSPS) is 10.7. The van der Waals surface area contributed by atoms with Gasteiger partial charge >= 0.3 is 0 Å². The first-order valence-corrected chi connectivity index (χ1v) is 4.39. The second-order valence-corrected chi connectivity index (χ2v) is 2.68. The summed E-state index contributed by atoms with van der Waals surface area (Å²) in [6.45, 7) is 2.03. The highest BCUT2D eigenvalue weighted by Gasteiger charge is 2.04. The van der Waals surface area contributed by atoms with Gasteiger partial charge in [0, 0.05) is 7.11 Å². The maximum Gasteiger partial charge on any atom is 0.252 e. The lowest BCUT2D eigenvalue weighted by Gasteiger charge is -1.98. The van der Waals surface area contributed by atoms with Gasteiger partial charge in [-0.1, -0.05) is 5.16 Å². The van der Waals surface area contributed by atoms with Crippen molar-refractivity contribution < 1.29 is 14.0 Å². The van der Waals surface area contributed by atoms with E-state index >= 15 is 0 Å². The van der Waals surface area contributed by atoms with Gasteiger partial charge in [0.05, 0.1) is 19.8 Å². The van der Waals surface area contributed by atoms with E-state index in [1.807, 2.05) is 7.05 Å². The van der Waals surface area contributed by atoms with Gasteiger partial charge in [-0.2, -0.15) is 4.98 Å². The number of methoxy groups -OCH3 is 1. The fraction of sp³-hybridized carbons (Fsp3) is 0.750. The Kier molecular flexibility index (Phi) is 5.13. The van der Waals surface area contributed by atoms with E-state index in [0.29, 0.717) is 38.1 Å². The molecule has 0 fully saturated rings. The third-order valence-electron chi connectivity index (χ3n) is 1.50. The van der Waals surface area contributed by atoms with Crippen LogP contribution in [0, 0.1) is 0 Å². The molecule has 0 bridgehead atoms. The van der Waals surface area contributed by atoms with Crippen LogP contribution in [0.1, 0.15) is 11.7 Å². The molecule has 0 unspecified atom stereocenters. The molecule has 0 saturated carbocycles. The van der Waals surface area contributed by atoms with Gasteiger partial charge < -0.3 is 19.3 Å². The minimum absolute atomic E-state index is 0.333. The number of hydrogen-bond donors (Lipinski definition) is 1. The Morgan fingerprint density at radius 2 is 2.29 bits per heavy atom. The summed E-state index contributed by atoms with van der Waals surface area (Å²) in [7, 11) is 3.45. The highest BCUT2D eigenvalue weighted by Crippen LogP contribution is 1.98. The molecule has 0 atom stereocenters. The van der Waals surface area contributed by atoms with E-state index in [2.05, 4.69) is 15.5 Å². The average molecular weight is 201 g/mol. The Balaban J connectivity index is 2.22. The lowest BCUT2D eigenvalue weighted by molar-refractivity contribution is 0.0494. The van der Waals surface area contributed by atoms with E-state index < -0.39 is 0 Å². The van der Waals surface area contributed by atoms with E-state index in [9.17, 15) is 0 Å². The number of hydrogen-bond acceptors (Lipinski definition) is 6. The largest absolute Gasteiger partial charge is 0.382 e. The van der Waals surface area contributed by atoms with E-state index in [1.165, 1.54) is 0 Å². The smallest absolute Gasteiger partial charge is 0.252 e. The lowest BCUT2D eigenvalue weighted by Crippen LogP contribution is -2.06. The molecule has 0 radical (unpaired) electrons. The summed E-state index contributed by atoms with van der Waals surface area (Å²) in [4.78, 5) is 4.09. The molecular weight excluding hydrogens is 186 g/mol. The molecule has 0 aromatic carbocycles. The van der Waals surface area contributed by atoms with Gasteiger partial charge in [-0.15, -0.1) is 0 Å². The Morgan fingerprint density at radius 3 is 3.00 bits per heavy atom. The molecule has 1 aromatic rings. The lowest BCUT2D eigenvalue weighted by atomic mass is 10.6. The first-order valence-electron chi connectivity index (χ1n) is 4.39. The molecular formula is C8H15N3O3. The van der Waals surface area contributed by atoms with E-state index in [1.54, 1.807) is 7.11 Å². The van der Waals surface area contributed by atoms with Crippen LogP contribution in [-0.4, -0.2) is 37.5 Å². The quantitative estimate of drug-likeness (QED) is 0.624. The minimum Gasteiger partial charge on any atom is -0.382 e. The third-order valence-corrected chi connectivity index (χ3v) is 1.50. The van der Waals surface area contributed by atoms with Gasteiger partial charge in [0.1, 0.15) is 6.61 Å². The molecule has 0 spiro atoms. The molecule has 0 aliphatic rings. The predicted octanol–water partition coefficient (Wildman–Crippen LogP) is -0.0480. The third kappa shape index (κ3) is 3.82. The Morgan fingerprint density at radius 1 is 1.43 bits per heavy atom. The van der Waals surface area contributed by atoms with E-state index in [0.717, 1.165) is 0 Å². The molecule has 1 rings (SSSR count). The molecule has 80 valence electrons. The van der Waals surface area contributed by atoms with Crippen LogP contribution in [0.25, 0.3) is 0 Å². The van der Waals surface area contributed by atoms with Crippen molar-refractivity contribution in [3.63, 3.8) is 0 Å². The summed E-state index contributed by atoms with van der Waals surface area (Å²) >= 11 is 0. The zero-order chi connectivity index (χ0) is 10.2. The van der Waals surface area contributed by atoms with E-state index in [-0.39, 0.29) is 0 Å². The van der Waals surface area contributed by atoms with Crippen molar-refractivity contribution in [1.82, 2.24) is 15.5 Å². The van der Waals surface area contributed by atoms with Gasteiger partial charge in [0.2, 0.25) is 0 Å². The van der Waals surface area contributed by atoms with Crippen molar-refractivity contribution >= 4 is 0 Å². The molecule has 0 aliphatic heterocycles. The minimum atomic E-state index is 0.333. The topological polar surface area (TPSA) is 69.4 Å². The van der Waals surface area contributed by atoms with Gasteiger partial charge in [0.25, 0.3) is 5.89 Å². The summed E-state index contributed by atoms with van der Waals surface area (Å²) in [6, 6.07) is 0. The molecule has 0 aliphatic carbocycles. The van der Waals surface area contributed by atoms with Gasteiger partial charge in [-0.05, 0) is 7.05 Å². The fourth-order valence-corrected chi connectivity index (χ4v) is 0.880. The zero-order valence-electron chi connectivity index (χ0n) is 8.45. The van der Waals surface area contributed by atoms with Crippen LogP contribution in [0.4, 0.5) is 0 Å². The molecule has 1 aromatic heterocycles. The van der Waals surface area contributed by atoms with Crippen molar-refractivity contribution in [3.8, 4) is 0 Å². The maximum atomic E-state index is 5.21. The molecule has 6 nitrogen and oxygen atoms in total. The van der Waals surface area contributed by atoms with Crippen LogP contribution in [0.15, 0.2) is 4.52 Å². The Labute approximate surface area is 82.6 Å². The first kappa shape index (κ1) is 11.1. The standard InChI is InChI=1S/C8H15N3O3/c1-9-5-7-10-8(14-11-7)6-13-4-3-12-2/h9H,3-6H2,1-2H3. The van der Waals surface area contributed by atoms with Crippen LogP contribution >= 0.6 is 0 Å². The molecule has 0 saturated heterocycles. The fourth-order valence-electron chi connectivity index (χ4n) is 0.880. The average Bonchev–Trinajstić information content (AvgIpc) is 2.61. The summed E-state index contributed by atoms with van der Waals surface area (Å²) < 4.78 is 15.0. The van der Waals surface area contributed by atoms with E-state index in [4.69, 9.17) is 14.0 Å². The van der Waals surface area contributed by atoms with Crippen LogP contribution < -0.4 is 5.32 Å². The van der Waals surface area contributed by atoms with Crippen molar-refractivity contribution in [2.45, 2.75) is 13.2 Å².